The monoisotopic (exact) mass is 436 g/mol. The quantitative estimate of drug-likeness (QED) is 0.634. The highest BCUT2D eigenvalue weighted by molar-refractivity contribution is 7.89. The first-order chi connectivity index (χ1) is 14.2. The van der Waals surface area contributed by atoms with Gasteiger partial charge in [0.2, 0.25) is 10.0 Å². The van der Waals surface area contributed by atoms with Gasteiger partial charge in [-0.15, -0.1) is 0 Å². The van der Waals surface area contributed by atoms with Crippen molar-refractivity contribution in [1.29, 1.82) is 0 Å². The third-order valence-electron chi connectivity index (χ3n) is 4.11. The molecule has 0 unspecified atom stereocenters. The highest BCUT2D eigenvalue weighted by atomic mass is 32.2. The molecule has 1 N–H and O–H groups in total. The topological polar surface area (TPSA) is 110 Å². The molecular weight excluding hydrogens is 415 g/mol. The molecule has 0 bridgehead atoms. The lowest BCUT2D eigenvalue weighted by atomic mass is 10.2. The average Bonchev–Trinajstić information content (AvgIpc) is 2.73. The molecule has 0 aromatic heterocycles. The summed E-state index contributed by atoms with van der Waals surface area (Å²) in [6.07, 6.45) is 0. The summed E-state index contributed by atoms with van der Waals surface area (Å²) in [5.41, 5.74) is 0.00581. The van der Waals surface area contributed by atoms with Gasteiger partial charge in [0.15, 0.2) is 6.61 Å². The van der Waals surface area contributed by atoms with Crippen molar-refractivity contribution in [3.8, 4) is 0 Å². The summed E-state index contributed by atoms with van der Waals surface area (Å²) in [5.74, 6) is -3.57. The molecule has 2 rings (SSSR count). The van der Waals surface area contributed by atoms with Crippen LogP contribution in [0.1, 0.15) is 34.6 Å². The zero-order chi connectivity index (χ0) is 22.3. The van der Waals surface area contributed by atoms with Crippen LogP contribution >= 0.6 is 0 Å². The highest BCUT2D eigenvalue weighted by Gasteiger charge is 2.27. The van der Waals surface area contributed by atoms with Gasteiger partial charge >= 0.3 is 5.97 Å². The van der Waals surface area contributed by atoms with Crippen LogP contribution < -0.4 is 5.32 Å². The van der Waals surface area contributed by atoms with E-state index in [2.05, 4.69) is 5.32 Å². The molecule has 2 amide bonds. The molecule has 2 aromatic carbocycles. The van der Waals surface area contributed by atoms with Crippen LogP contribution in [-0.2, 0) is 19.6 Å². The number of halogens is 1. The van der Waals surface area contributed by atoms with E-state index in [4.69, 9.17) is 4.74 Å². The number of hydrogen-bond acceptors (Lipinski definition) is 6. The Hall–Kier alpha value is -3.11. The number of carbonyl (C=O) groups is 3. The number of nitrogens with zero attached hydrogens (tertiary/aromatic N) is 1. The third-order valence-corrected chi connectivity index (χ3v) is 6.18. The number of esters is 1. The summed E-state index contributed by atoms with van der Waals surface area (Å²) in [6.45, 7) is 2.69. The zero-order valence-electron chi connectivity index (χ0n) is 16.4. The van der Waals surface area contributed by atoms with Crippen LogP contribution in [0.5, 0.6) is 0 Å². The molecule has 0 aliphatic heterocycles. The van der Waals surface area contributed by atoms with Gasteiger partial charge in [0.25, 0.3) is 11.8 Å². The number of carbonyl (C=O) groups excluding carboxylic acids is 3. The first kappa shape index (κ1) is 23.2. The molecule has 0 aliphatic carbocycles. The molecule has 10 heteroatoms. The Balaban J connectivity index is 2.07. The maximum Gasteiger partial charge on any atom is 0.338 e. The fourth-order valence-corrected chi connectivity index (χ4v) is 4.12. The maximum atomic E-state index is 14.1. The van der Waals surface area contributed by atoms with Crippen molar-refractivity contribution in [3.05, 3.63) is 65.5 Å². The Labute approximate surface area is 173 Å². The molecule has 2 aromatic rings. The summed E-state index contributed by atoms with van der Waals surface area (Å²) < 4.78 is 45.1. The lowest BCUT2D eigenvalue weighted by Gasteiger charge is -2.19. The van der Waals surface area contributed by atoms with Gasteiger partial charge in [-0.2, -0.15) is 4.31 Å². The predicted octanol–water partition coefficient (Wildman–Crippen LogP) is 1.97. The maximum absolute atomic E-state index is 14.1. The van der Waals surface area contributed by atoms with E-state index in [1.165, 1.54) is 12.1 Å². The molecule has 30 heavy (non-hydrogen) atoms. The number of sulfonamides is 1. The second-order valence-corrected chi connectivity index (χ2v) is 7.96. The minimum absolute atomic E-state index is 0.128. The standard InChI is InChI=1S/C20H21FN2O6S/c1-3-23(4-2)30(27,28)17-12-15(10-11-16(17)21)20(26)29-13-18(24)22-19(25)14-8-6-5-7-9-14/h5-12H,3-4,13H2,1-2H3,(H,22,24,25). The van der Waals surface area contributed by atoms with E-state index in [1.807, 2.05) is 0 Å². The zero-order valence-corrected chi connectivity index (χ0v) is 17.2. The first-order valence-corrected chi connectivity index (χ1v) is 10.5. The van der Waals surface area contributed by atoms with Crippen molar-refractivity contribution in [3.63, 3.8) is 0 Å². The Morgan fingerprint density at radius 1 is 1.00 bits per heavy atom. The SMILES string of the molecule is CCN(CC)S(=O)(=O)c1cc(C(=O)OCC(=O)NC(=O)c2ccccc2)ccc1F. The van der Waals surface area contributed by atoms with Crippen LogP contribution in [-0.4, -0.2) is 50.2 Å². The Bertz CT molecular complexity index is 1040. The second-order valence-electron chi connectivity index (χ2n) is 6.05. The van der Waals surface area contributed by atoms with Crippen LogP contribution in [0.3, 0.4) is 0 Å². The van der Waals surface area contributed by atoms with Crippen molar-refractivity contribution < 1.29 is 31.9 Å². The summed E-state index contributed by atoms with van der Waals surface area (Å²) >= 11 is 0. The predicted molar refractivity (Wildman–Crippen MR) is 106 cm³/mol. The smallest absolute Gasteiger partial charge is 0.338 e. The minimum atomic E-state index is -4.14. The number of hydrogen-bond donors (Lipinski definition) is 1. The van der Waals surface area contributed by atoms with Crippen molar-refractivity contribution in [2.75, 3.05) is 19.7 Å². The van der Waals surface area contributed by atoms with Crippen molar-refractivity contribution in [1.82, 2.24) is 9.62 Å². The first-order valence-electron chi connectivity index (χ1n) is 9.06. The summed E-state index contributed by atoms with van der Waals surface area (Å²) in [7, 11) is -4.14. The lowest BCUT2D eigenvalue weighted by Crippen LogP contribution is -2.34. The molecule has 0 radical (unpaired) electrons. The van der Waals surface area contributed by atoms with E-state index in [0.29, 0.717) is 0 Å². The second kappa shape index (κ2) is 10.1. The summed E-state index contributed by atoms with van der Waals surface area (Å²) in [6, 6.07) is 10.7. The highest BCUT2D eigenvalue weighted by Crippen LogP contribution is 2.21. The van der Waals surface area contributed by atoms with E-state index >= 15 is 0 Å². The van der Waals surface area contributed by atoms with E-state index in [0.717, 1.165) is 22.5 Å². The van der Waals surface area contributed by atoms with Crippen molar-refractivity contribution >= 4 is 27.8 Å². The van der Waals surface area contributed by atoms with Gasteiger partial charge in [0.1, 0.15) is 10.7 Å². The molecule has 0 saturated heterocycles. The average molecular weight is 436 g/mol. The van der Waals surface area contributed by atoms with E-state index < -0.39 is 45.1 Å². The molecule has 160 valence electrons. The number of amides is 2. The fraction of sp³-hybridized carbons (Fsp3) is 0.250. The van der Waals surface area contributed by atoms with Gasteiger partial charge < -0.3 is 4.74 Å². The summed E-state index contributed by atoms with van der Waals surface area (Å²) in [5, 5.41) is 2.06. The van der Waals surface area contributed by atoms with Gasteiger partial charge in [-0.25, -0.2) is 17.6 Å². The van der Waals surface area contributed by atoms with Gasteiger partial charge in [-0.05, 0) is 30.3 Å². The molecule has 0 spiro atoms. The molecule has 8 nitrogen and oxygen atoms in total. The molecular formula is C20H21FN2O6S. The largest absolute Gasteiger partial charge is 0.452 e. The number of benzene rings is 2. The third kappa shape index (κ3) is 5.49. The Morgan fingerprint density at radius 2 is 1.63 bits per heavy atom. The number of ether oxygens (including phenoxy) is 1. The minimum Gasteiger partial charge on any atom is -0.452 e. The van der Waals surface area contributed by atoms with Gasteiger partial charge in [0, 0.05) is 18.7 Å². The Kier molecular flexibility index (Phi) is 7.79. The Morgan fingerprint density at radius 3 is 2.23 bits per heavy atom. The van der Waals surface area contributed by atoms with Crippen molar-refractivity contribution in [2.45, 2.75) is 18.7 Å². The van der Waals surface area contributed by atoms with Crippen LogP contribution in [0.25, 0.3) is 0 Å². The van der Waals surface area contributed by atoms with Gasteiger partial charge in [-0.1, -0.05) is 32.0 Å². The summed E-state index contributed by atoms with van der Waals surface area (Å²) in [4.78, 5) is 35.3. The molecule has 0 fully saturated rings. The van der Waals surface area contributed by atoms with Crippen LogP contribution in [0, 0.1) is 5.82 Å². The van der Waals surface area contributed by atoms with Crippen molar-refractivity contribution in [2.24, 2.45) is 0 Å². The molecule has 0 atom stereocenters. The number of imide groups is 1. The number of nitrogens with one attached hydrogen (secondary N) is 1. The van der Waals surface area contributed by atoms with Crippen LogP contribution in [0.2, 0.25) is 0 Å². The fourth-order valence-electron chi connectivity index (χ4n) is 2.57. The lowest BCUT2D eigenvalue weighted by molar-refractivity contribution is -0.123. The van der Waals surface area contributed by atoms with Crippen LogP contribution in [0.15, 0.2) is 53.4 Å². The van der Waals surface area contributed by atoms with Crippen LogP contribution in [0.4, 0.5) is 4.39 Å². The molecule has 0 saturated carbocycles. The van der Waals surface area contributed by atoms with E-state index in [9.17, 15) is 27.2 Å². The molecule has 0 aliphatic rings. The number of rotatable bonds is 8. The van der Waals surface area contributed by atoms with E-state index in [-0.39, 0.29) is 24.2 Å². The molecule has 0 heterocycles. The van der Waals surface area contributed by atoms with E-state index in [1.54, 1.807) is 32.0 Å². The van der Waals surface area contributed by atoms with Gasteiger partial charge in [0.05, 0.1) is 5.56 Å². The van der Waals surface area contributed by atoms with Gasteiger partial charge in [-0.3, -0.25) is 14.9 Å². The normalized spacial score (nSPS) is 11.2.